The Hall–Kier alpha value is -1.25. The molecule has 0 N–H and O–H groups in total. The number of furan rings is 1. The molecule has 86 valence electrons. The molecule has 0 aromatic carbocycles. The van der Waals surface area contributed by atoms with Crippen LogP contribution in [0.3, 0.4) is 0 Å². The third-order valence-electron chi connectivity index (χ3n) is 3.97. The van der Waals surface area contributed by atoms with Crippen molar-refractivity contribution in [2.45, 2.75) is 25.8 Å². The zero-order chi connectivity index (χ0) is 11.1. The smallest absolute Gasteiger partial charge is 0.225 e. The van der Waals surface area contributed by atoms with Crippen molar-refractivity contribution in [3.05, 3.63) is 24.2 Å². The first-order valence-electron chi connectivity index (χ1n) is 6.00. The van der Waals surface area contributed by atoms with Gasteiger partial charge in [0.15, 0.2) is 0 Å². The third-order valence-corrected chi connectivity index (χ3v) is 3.97. The highest BCUT2D eigenvalue weighted by Crippen LogP contribution is 2.54. The maximum absolute atomic E-state index is 12.1. The molecule has 2 aliphatic carbocycles. The molecular weight excluding hydrogens is 202 g/mol. The van der Waals surface area contributed by atoms with Crippen molar-refractivity contribution < 1.29 is 9.21 Å². The fraction of sp³-hybridized carbons (Fsp3) is 0.615. The summed E-state index contributed by atoms with van der Waals surface area (Å²) in [4.78, 5) is 14.0. The van der Waals surface area contributed by atoms with E-state index >= 15 is 0 Å². The summed E-state index contributed by atoms with van der Waals surface area (Å²) in [7, 11) is 1.89. The molecule has 0 spiro atoms. The van der Waals surface area contributed by atoms with Gasteiger partial charge in [0.25, 0.3) is 0 Å². The van der Waals surface area contributed by atoms with Crippen LogP contribution < -0.4 is 0 Å². The Morgan fingerprint density at radius 2 is 2.19 bits per heavy atom. The van der Waals surface area contributed by atoms with Crippen molar-refractivity contribution in [3.8, 4) is 0 Å². The van der Waals surface area contributed by atoms with Crippen LogP contribution in [0.5, 0.6) is 0 Å². The number of nitrogens with zero attached hydrogens (tertiary/aromatic N) is 1. The monoisotopic (exact) mass is 219 g/mol. The van der Waals surface area contributed by atoms with Crippen LogP contribution in [0, 0.1) is 17.8 Å². The van der Waals surface area contributed by atoms with Crippen LogP contribution in [0.2, 0.25) is 0 Å². The molecule has 0 saturated heterocycles. The van der Waals surface area contributed by atoms with Crippen LogP contribution in [-0.2, 0) is 11.3 Å². The summed E-state index contributed by atoms with van der Waals surface area (Å²) in [6.07, 6.45) is 6.97. The van der Waals surface area contributed by atoms with E-state index in [0.717, 1.165) is 30.2 Å². The summed E-state index contributed by atoms with van der Waals surface area (Å²) in [5.74, 6) is 2.35. The molecule has 1 aromatic heterocycles. The number of fused-ring (bicyclic) bond motifs is 1. The molecule has 16 heavy (non-hydrogen) atoms. The average Bonchev–Trinajstić information content (AvgIpc) is 2.72. The van der Waals surface area contributed by atoms with Crippen molar-refractivity contribution in [2.24, 2.45) is 17.8 Å². The molecule has 0 radical (unpaired) electrons. The molecular formula is C13H17NO2. The van der Waals surface area contributed by atoms with E-state index in [1.165, 1.54) is 6.42 Å². The Balaban J connectivity index is 1.57. The Bertz CT molecular complexity index is 375. The highest BCUT2D eigenvalue weighted by Gasteiger charge is 2.48. The van der Waals surface area contributed by atoms with Crippen molar-refractivity contribution in [3.63, 3.8) is 0 Å². The second-order valence-corrected chi connectivity index (χ2v) is 5.25. The molecule has 2 saturated carbocycles. The topological polar surface area (TPSA) is 33.5 Å². The minimum atomic E-state index is 0.292. The van der Waals surface area contributed by atoms with E-state index in [0.29, 0.717) is 18.4 Å². The van der Waals surface area contributed by atoms with Gasteiger partial charge in [0.2, 0.25) is 5.91 Å². The van der Waals surface area contributed by atoms with Gasteiger partial charge in [-0.3, -0.25) is 4.79 Å². The van der Waals surface area contributed by atoms with E-state index in [9.17, 15) is 4.79 Å². The first kappa shape index (κ1) is 9.94. The lowest BCUT2D eigenvalue weighted by Gasteiger charge is -2.21. The largest absolute Gasteiger partial charge is 0.472 e. The molecule has 3 rings (SSSR count). The van der Waals surface area contributed by atoms with Crippen LogP contribution in [0.4, 0.5) is 0 Å². The van der Waals surface area contributed by atoms with Crippen LogP contribution in [0.1, 0.15) is 24.8 Å². The predicted molar refractivity (Wildman–Crippen MR) is 59.5 cm³/mol. The maximum atomic E-state index is 12.1. The summed E-state index contributed by atoms with van der Waals surface area (Å²) in [6.45, 7) is 0.668. The molecule has 1 aromatic rings. The third kappa shape index (κ3) is 1.75. The van der Waals surface area contributed by atoms with Crippen LogP contribution in [0.15, 0.2) is 23.0 Å². The summed E-state index contributed by atoms with van der Waals surface area (Å²) in [5.41, 5.74) is 1.07. The summed E-state index contributed by atoms with van der Waals surface area (Å²) >= 11 is 0. The molecule has 3 heteroatoms. The number of amides is 1. The molecule has 1 heterocycles. The number of carbonyl (C=O) groups excluding carboxylic acids is 1. The number of carbonyl (C=O) groups is 1. The van der Waals surface area contributed by atoms with Crippen molar-refractivity contribution in [1.82, 2.24) is 4.90 Å². The van der Waals surface area contributed by atoms with E-state index in [1.54, 1.807) is 12.5 Å². The lowest BCUT2D eigenvalue weighted by molar-refractivity contribution is -0.134. The van der Waals surface area contributed by atoms with Crippen LogP contribution >= 0.6 is 0 Å². The SMILES string of the molecule is CN(Cc1ccoc1)C(=O)C1CC2CC2C1. The molecule has 0 aliphatic heterocycles. The van der Waals surface area contributed by atoms with Gasteiger partial charge in [-0.1, -0.05) is 0 Å². The Morgan fingerprint density at radius 3 is 2.81 bits per heavy atom. The lowest BCUT2D eigenvalue weighted by atomic mass is 10.0. The Labute approximate surface area is 95.4 Å². The van der Waals surface area contributed by atoms with Crippen molar-refractivity contribution >= 4 is 5.91 Å². The van der Waals surface area contributed by atoms with Gasteiger partial charge in [0.1, 0.15) is 0 Å². The normalized spacial score (nSPS) is 31.2. The van der Waals surface area contributed by atoms with Gasteiger partial charge in [-0.25, -0.2) is 0 Å². The summed E-state index contributed by atoms with van der Waals surface area (Å²) in [6, 6.07) is 1.91. The standard InChI is InChI=1S/C13H17NO2/c1-14(7-9-2-3-16-8-9)13(15)12-5-10-4-11(10)6-12/h2-3,8,10-12H,4-7H2,1H3. The van der Waals surface area contributed by atoms with Gasteiger partial charge in [-0.2, -0.15) is 0 Å². The van der Waals surface area contributed by atoms with Crippen LogP contribution in [0.25, 0.3) is 0 Å². The van der Waals surface area contributed by atoms with E-state index < -0.39 is 0 Å². The van der Waals surface area contributed by atoms with Crippen molar-refractivity contribution in [2.75, 3.05) is 7.05 Å². The molecule has 1 amide bonds. The average molecular weight is 219 g/mol. The maximum Gasteiger partial charge on any atom is 0.225 e. The zero-order valence-electron chi connectivity index (χ0n) is 9.56. The van der Waals surface area contributed by atoms with Crippen molar-refractivity contribution in [1.29, 1.82) is 0 Å². The minimum absolute atomic E-state index is 0.292. The van der Waals surface area contributed by atoms with E-state index in [2.05, 4.69) is 0 Å². The fourth-order valence-corrected chi connectivity index (χ4v) is 2.96. The fourth-order valence-electron chi connectivity index (χ4n) is 2.96. The number of hydrogen-bond acceptors (Lipinski definition) is 2. The van der Waals surface area contributed by atoms with Gasteiger partial charge >= 0.3 is 0 Å². The summed E-state index contributed by atoms with van der Waals surface area (Å²) in [5, 5.41) is 0. The van der Waals surface area contributed by atoms with Gasteiger partial charge < -0.3 is 9.32 Å². The highest BCUT2D eigenvalue weighted by molar-refractivity contribution is 5.79. The van der Waals surface area contributed by atoms with Gasteiger partial charge in [-0.15, -0.1) is 0 Å². The lowest BCUT2D eigenvalue weighted by Crippen LogP contribution is -2.31. The molecule has 2 aliphatic rings. The number of rotatable bonds is 3. The van der Waals surface area contributed by atoms with Gasteiger partial charge in [0, 0.05) is 25.1 Å². The number of hydrogen-bond donors (Lipinski definition) is 0. The quantitative estimate of drug-likeness (QED) is 0.781. The molecule has 3 nitrogen and oxygen atoms in total. The van der Waals surface area contributed by atoms with E-state index in [1.807, 2.05) is 18.0 Å². The molecule has 2 fully saturated rings. The molecule has 0 bridgehead atoms. The Morgan fingerprint density at radius 1 is 1.44 bits per heavy atom. The van der Waals surface area contributed by atoms with E-state index in [4.69, 9.17) is 4.42 Å². The highest BCUT2D eigenvalue weighted by atomic mass is 16.3. The van der Waals surface area contributed by atoms with Gasteiger partial charge in [0.05, 0.1) is 12.5 Å². The first-order valence-corrected chi connectivity index (χ1v) is 6.00. The second-order valence-electron chi connectivity index (χ2n) is 5.25. The molecule has 2 atom stereocenters. The van der Waals surface area contributed by atoms with Gasteiger partial charge in [-0.05, 0) is 37.2 Å². The summed E-state index contributed by atoms with van der Waals surface area (Å²) < 4.78 is 5.01. The zero-order valence-corrected chi connectivity index (χ0v) is 9.56. The second kappa shape index (κ2) is 3.65. The first-order chi connectivity index (χ1) is 7.74. The molecule has 2 unspecified atom stereocenters. The predicted octanol–water partition coefficient (Wildman–Crippen LogP) is 2.28. The van der Waals surface area contributed by atoms with Crippen LogP contribution in [-0.4, -0.2) is 17.9 Å². The minimum Gasteiger partial charge on any atom is -0.472 e. The van der Waals surface area contributed by atoms with E-state index in [-0.39, 0.29) is 0 Å². The Kier molecular flexibility index (Phi) is 2.27.